The smallest absolute Gasteiger partial charge is 0.257 e. The van der Waals surface area contributed by atoms with Gasteiger partial charge in [0.15, 0.2) is 0 Å². The molecule has 0 aliphatic carbocycles. The highest BCUT2D eigenvalue weighted by Crippen LogP contribution is 2.27. The van der Waals surface area contributed by atoms with E-state index in [0.29, 0.717) is 17.9 Å². The average molecular weight is 366 g/mol. The van der Waals surface area contributed by atoms with Gasteiger partial charge < -0.3 is 14.2 Å². The molecule has 27 heavy (non-hydrogen) atoms. The fourth-order valence-electron chi connectivity index (χ4n) is 3.60. The molecule has 0 spiro atoms. The van der Waals surface area contributed by atoms with E-state index in [9.17, 15) is 4.79 Å². The molecule has 8 nitrogen and oxygen atoms in total. The van der Waals surface area contributed by atoms with Crippen molar-refractivity contribution < 1.29 is 9.53 Å². The van der Waals surface area contributed by atoms with E-state index >= 15 is 0 Å². The van der Waals surface area contributed by atoms with E-state index in [2.05, 4.69) is 15.3 Å². The van der Waals surface area contributed by atoms with Gasteiger partial charge in [0.05, 0.1) is 18.9 Å². The SMILES string of the molecule is COc1ccccc1-n1cc(C(=O)N2CCC[C@H](c3nncn3C)C2)cn1. The number of carbonyl (C=O) groups excluding carboxylic acids is 1. The number of hydrogen-bond acceptors (Lipinski definition) is 5. The van der Waals surface area contributed by atoms with Crippen molar-refractivity contribution in [3.63, 3.8) is 0 Å². The van der Waals surface area contributed by atoms with Crippen LogP contribution in [-0.4, -0.2) is 55.6 Å². The van der Waals surface area contributed by atoms with Crippen LogP contribution in [0.3, 0.4) is 0 Å². The van der Waals surface area contributed by atoms with Crippen LogP contribution in [0, 0.1) is 0 Å². The second-order valence-corrected chi connectivity index (χ2v) is 6.74. The third-order valence-corrected chi connectivity index (χ3v) is 4.98. The first-order valence-electron chi connectivity index (χ1n) is 8.98. The monoisotopic (exact) mass is 366 g/mol. The van der Waals surface area contributed by atoms with Crippen LogP contribution in [0.4, 0.5) is 0 Å². The Morgan fingerprint density at radius 3 is 2.93 bits per heavy atom. The maximum atomic E-state index is 13.0. The molecule has 140 valence electrons. The van der Waals surface area contributed by atoms with Gasteiger partial charge in [0.1, 0.15) is 23.6 Å². The topological polar surface area (TPSA) is 78.1 Å². The number of ether oxygens (including phenoxy) is 1. The number of piperidine rings is 1. The van der Waals surface area contributed by atoms with Crippen molar-refractivity contribution in [3.8, 4) is 11.4 Å². The average Bonchev–Trinajstić information content (AvgIpc) is 3.36. The Bertz CT molecular complexity index is 947. The van der Waals surface area contributed by atoms with E-state index in [1.54, 1.807) is 30.5 Å². The highest BCUT2D eigenvalue weighted by molar-refractivity contribution is 5.94. The van der Waals surface area contributed by atoms with E-state index in [4.69, 9.17) is 4.74 Å². The van der Waals surface area contributed by atoms with Gasteiger partial charge in [-0.05, 0) is 25.0 Å². The number of amides is 1. The number of para-hydroxylation sites is 2. The van der Waals surface area contributed by atoms with Gasteiger partial charge in [-0.15, -0.1) is 10.2 Å². The Labute approximate surface area is 157 Å². The molecule has 1 aromatic carbocycles. The van der Waals surface area contributed by atoms with Crippen LogP contribution in [0.2, 0.25) is 0 Å². The van der Waals surface area contributed by atoms with Crippen molar-refractivity contribution in [2.45, 2.75) is 18.8 Å². The van der Waals surface area contributed by atoms with Gasteiger partial charge in [-0.1, -0.05) is 12.1 Å². The summed E-state index contributed by atoms with van der Waals surface area (Å²) >= 11 is 0. The molecule has 3 aromatic rings. The lowest BCUT2D eigenvalue weighted by Crippen LogP contribution is -2.39. The summed E-state index contributed by atoms with van der Waals surface area (Å²) in [4.78, 5) is 14.9. The Hall–Kier alpha value is -3.16. The summed E-state index contributed by atoms with van der Waals surface area (Å²) in [5, 5.41) is 12.5. The number of benzene rings is 1. The number of likely N-dealkylation sites (tertiary alicyclic amines) is 1. The van der Waals surface area contributed by atoms with Crippen molar-refractivity contribution in [2.75, 3.05) is 20.2 Å². The van der Waals surface area contributed by atoms with Gasteiger partial charge in [0.2, 0.25) is 0 Å². The second-order valence-electron chi connectivity index (χ2n) is 6.74. The summed E-state index contributed by atoms with van der Waals surface area (Å²) in [7, 11) is 3.56. The van der Waals surface area contributed by atoms with Crippen molar-refractivity contribution >= 4 is 5.91 Å². The Morgan fingerprint density at radius 1 is 1.30 bits per heavy atom. The summed E-state index contributed by atoms with van der Waals surface area (Å²) in [6, 6.07) is 7.59. The lowest BCUT2D eigenvalue weighted by atomic mass is 9.97. The normalized spacial score (nSPS) is 17.1. The zero-order chi connectivity index (χ0) is 18.8. The molecule has 0 saturated carbocycles. The third-order valence-electron chi connectivity index (χ3n) is 4.98. The molecule has 1 saturated heterocycles. The first kappa shape index (κ1) is 17.3. The number of aromatic nitrogens is 5. The van der Waals surface area contributed by atoms with Crippen molar-refractivity contribution in [1.82, 2.24) is 29.4 Å². The summed E-state index contributed by atoms with van der Waals surface area (Å²) in [5.74, 6) is 1.83. The maximum Gasteiger partial charge on any atom is 0.257 e. The maximum absolute atomic E-state index is 13.0. The zero-order valence-electron chi connectivity index (χ0n) is 15.4. The number of carbonyl (C=O) groups is 1. The van der Waals surface area contributed by atoms with Crippen LogP contribution in [0.15, 0.2) is 43.0 Å². The van der Waals surface area contributed by atoms with Gasteiger partial charge in [-0.3, -0.25) is 4.79 Å². The molecule has 4 rings (SSSR count). The largest absolute Gasteiger partial charge is 0.494 e. The van der Waals surface area contributed by atoms with Crippen molar-refractivity contribution in [3.05, 3.63) is 54.4 Å². The lowest BCUT2D eigenvalue weighted by Gasteiger charge is -2.31. The molecule has 1 fully saturated rings. The molecule has 1 atom stereocenters. The molecule has 0 bridgehead atoms. The Morgan fingerprint density at radius 2 is 2.15 bits per heavy atom. The van der Waals surface area contributed by atoms with E-state index in [1.807, 2.05) is 40.8 Å². The summed E-state index contributed by atoms with van der Waals surface area (Å²) in [5.41, 5.74) is 1.37. The standard InChI is InChI=1S/C19H22N6O2/c1-23-13-20-22-18(23)14-6-5-9-24(11-14)19(26)15-10-21-25(12-15)16-7-3-4-8-17(16)27-2/h3-4,7-8,10,12-14H,5-6,9,11H2,1-2H3/t14-/m0/s1. The van der Waals surface area contributed by atoms with Gasteiger partial charge in [-0.2, -0.15) is 5.10 Å². The molecule has 1 aliphatic rings. The first-order valence-corrected chi connectivity index (χ1v) is 8.98. The fraction of sp³-hybridized carbons (Fsp3) is 0.368. The van der Waals surface area contributed by atoms with Gasteiger partial charge in [0.25, 0.3) is 5.91 Å². The Balaban J connectivity index is 1.53. The minimum absolute atomic E-state index is 0.0111. The van der Waals surface area contributed by atoms with Crippen LogP contribution in [-0.2, 0) is 7.05 Å². The van der Waals surface area contributed by atoms with Crippen molar-refractivity contribution in [2.24, 2.45) is 7.05 Å². The second kappa shape index (κ2) is 7.22. The van der Waals surface area contributed by atoms with Gasteiger partial charge >= 0.3 is 0 Å². The fourth-order valence-corrected chi connectivity index (χ4v) is 3.60. The van der Waals surface area contributed by atoms with Gasteiger partial charge in [0, 0.05) is 32.3 Å². The lowest BCUT2D eigenvalue weighted by molar-refractivity contribution is 0.0703. The zero-order valence-corrected chi connectivity index (χ0v) is 15.4. The molecule has 0 N–H and O–H groups in total. The van der Waals surface area contributed by atoms with Crippen LogP contribution < -0.4 is 4.74 Å². The highest BCUT2D eigenvalue weighted by atomic mass is 16.5. The highest BCUT2D eigenvalue weighted by Gasteiger charge is 2.28. The molecule has 1 amide bonds. The molecule has 3 heterocycles. The summed E-state index contributed by atoms with van der Waals surface area (Å²) < 4.78 is 8.99. The molecule has 0 unspecified atom stereocenters. The van der Waals surface area contributed by atoms with Crippen molar-refractivity contribution in [1.29, 1.82) is 0 Å². The number of methoxy groups -OCH3 is 1. The van der Waals surface area contributed by atoms with Crippen LogP contribution >= 0.6 is 0 Å². The van der Waals surface area contributed by atoms with E-state index in [-0.39, 0.29) is 11.8 Å². The number of nitrogens with zero attached hydrogens (tertiary/aromatic N) is 6. The van der Waals surface area contributed by atoms with Crippen LogP contribution in [0.25, 0.3) is 5.69 Å². The van der Waals surface area contributed by atoms with Crippen LogP contribution in [0.1, 0.15) is 34.9 Å². The van der Waals surface area contributed by atoms with E-state index < -0.39 is 0 Å². The molecular weight excluding hydrogens is 344 g/mol. The van der Waals surface area contributed by atoms with E-state index in [1.165, 1.54) is 0 Å². The van der Waals surface area contributed by atoms with Crippen LogP contribution in [0.5, 0.6) is 5.75 Å². The van der Waals surface area contributed by atoms with Gasteiger partial charge in [-0.25, -0.2) is 4.68 Å². The molecule has 0 radical (unpaired) electrons. The molecule has 2 aromatic heterocycles. The number of rotatable bonds is 4. The minimum Gasteiger partial charge on any atom is -0.494 e. The number of hydrogen-bond donors (Lipinski definition) is 0. The summed E-state index contributed by atoms with van der Waals surface area (Å²) in [6.07, 6.45) is 7.03. The molecule has 8 heteroatoms. The van der Waals surface area contributed by atoms with E-state index in [0.717, 1.165) is 30.9 Å². The minimum atomic E-state index is -0.0111. The third kappa shape index (κ3) is 3.30. The number of aryl methyl sites for hydroxylation is 1. The first-order chi connectivity index (χ1) is 13.2. The summed E-state index contributed by atoms with van der Waals surface area (Å²) in [6.45, 7) is 1.39. The quantitative estimate of drug-likeness (QED) is 0.706. The predicted octanol–water partition coefficient (Wildman–Crippen LogP) is 2.03. The molecule has 1 aliphatic heterocycles. The predicted molar refractivity (Wildman–Crippen MR) is 99.0 cm³/mol. The molecular formula is C19H22N6O2. The Kier molecular flexibility index (Phi) is 4.62.